The standard InChI is InChI=1S/C17H16FN5O/c18-10-1-4-14-12(7-10)13(5-6-24-14)22-16-15-17(20-8-19-16)23(9-21-15)11-2-3-11/h1,4,7-9,11,13H,2-3,5-6H2,(H,19,20,22). The monoisotopic (exact) mass is 325 g/mol. The highest BCUT2D eigenvalue weighted by Crippen LogP contribution is 2.38. The zero-order valence-corrected chi connectivity index (χ0v) is 12.9. The summed E-state index contributed by atoms with van der Waals surface area (Å²) in [6, 6.07) is 5.06. The summed E-state index contributed by atoms with van der Waals surface area (Å²) in [5.41, 5.74) is 2.42. The highest BCUT2D eigenvalue weighted by Gasteiger charge is 2.27. The molecule has 6 nitrogen and oxygen atoms in total. The molecule has 1 N–H and O–H groups in total. The molecular formula is C17H16FN5O. The molecule has 0 amide bonds. The van der Waals surface area contributed by atoms with Gasteiger partial charge in [-0.3, -0.25) is 0 Å². The first kappa shape index (κ1) is 13.7. The second-order valence-corrected chi connectivity index (χ2v) is 6.29. The Bertz CT molecular complexity index is 920. The van der Waals surface area contributed by atoms with Crippen molar-refractivity contribution in [3.05, 3.63) is 42.2 Å². The summed E-state index contributed by atoms with van der Waals surface area (Å²) in [5.74, 6) is 1.13. The van der Waals surface area contributed by atoms with Crippen LogP contribution in [-0.4, -0.2) is 26.1 Å². The van der Waals surface area contributed by atoms with Crippen LogP contribution in [0.1, 0.15) is 36.9 Å². The van der Waals surface area contributed by atoms with Crippen molar-refractivity contribution in [2.45, 2.75) is 31.3 Å². The minimum atomic E-state index is -0.267. The van der Waals surface area contributed by atoms with Gasteiger partial charge in [0.15, 0.2) is 11.5 Å². The summed E-state index contributed by atoms with van der Waals surface area (Å²) < 4.78 is 21.4. The van der Waals surface area contributed by atoms with E-state index in [2.05, 4.69) is 24.8 Å². The van der Waals surface area contributed by atoms with Crippen LogP contribution in [-0.2, 0) is 0 Å². The lowest BCUT2D eigenvalue weighted by Crippen LogP contribution is -2.21. The minimum absolute atomic E-state index is 0.0615. The van der Waals surface area contributed by atoms with Gasteiger partial charge in [0.05, 0.1) is 19.0 Å². The summed E-state index contributed by atoms with van der Waals surface area (Å²) in [6.45, 7) is 0.584. The number of fused-ring (bicyclic) bond motifs is 2. The summed E-state index contributed by atoms with van der Waals surface area (Å²) in [7, 11) is 0. The molecule has 24 heavy (non-hydrogen) atoms. The highest BCUT2D eigenvalue weighted by atomic mass is 19.1. The van der Waals surface area contributed by atoms with Crippen LogP contribution in [0, 0.1) is 5.82 Å². The number of rotatable bonds is 3. The van der Waals surface area contributed by atoms with E-state index in [-0.39, 0.29) is 11.9 Å². The van der Waals surface area contributed by atoms with Crippen molar-refractivity contribution in [3.8, 4) is 5.75 Å². The van der Waals surface area contributed by atoms with Gasteiger partial charge in [0, 0.05) is 18.0 Å². The number of benzene rings is 1. The molecule has 1 unspecified atom stereocenters. The molecule has 1 atom stereocenters. The topological polar surface area (TPSA) is 64.9 Å². The fourth-order valence-electron chi connectivity index (χ4n) is 3.26. The summed E-state index contributed by atoms with van der Waals surface area (Å²) in [5, 5.41) is 3.41. The molecule has 1 aliphatic carbocycles. The average Bonchev–Trinajstić information content (AvgIpc) is 3.35. The highest BCUT2D eigenvalue weighted by molar-refractivity contribution is 5.83. The molecule has 1 saturated carbocycles. The van der Waals surface area contributed by atoms with E-state index < -0.39 is 0 Å². The van der Waals surface area contributed by atoms with E-state index in [0.717, 1.165) is 23.1 Å². The first-order chi connectivity index (χ1) is 11.8. The zero-order valence-electron chi connectivity index (χ0n) is 12.9. The number of hydrogen-bond donors (Lipinski definition) is 1. The molecule has 3 heterocycles. The van der Waals surface area contributed by atoms with Crippen LogP contribution >= 0.6 is 0 Å². The molecular weight excluding hydrogens is 309 g/mol. The first-order valence-corrected chi connectivity index (χ1v) is 8.16. The Kier molecular flexibility index (Phi) is 2.95. The van der Waals surface area contributed by atoms with E-state index in [1.54, 1.807) is 12.4 Å². The number of hydrogen-bond acceptors (Lipinski definition) is 5. The Labute approximate surface area is 137 Å². The second-order valence-electron chi connectivity index (χ2n) is 6.29. The molecule has 122 valence electrons. The van der Waals surface area contributed by atoms with Crippen molar-refractivity contribution >= 4 is 17.0 Å². The number of anilines is 1. The van der Waals surface area contributed by atoms with Crippen LogP contribution in [0.3, 0.4) is 0 Å². The number of imidazole rings is 1. The van der Waals surface area contributed by atoms with Crippen LogP contribution in [0.25, 0.3) is 11.2 Å². The largest absolute Gasteiger partial charge is 0.493 e. The van der Waals surface area contributed by atoms with Gasteiger partial charge in [-0.15, -0.1) is 0 Å². The van der Waals surface area contributed by atoms with Gasteiger partial charge in [-0.2, -0.15) is 0 Å². The van der Waals surface area contributed by atoms with E-state index in [9.17, 15) is 4.39 Å². The van der Waals surface area contributed by atoms with E-state index in [0.29, 0.717) is 24.2 Å². The lowest BCUT2D eigenvalue weighted by Gasteiger charge is -2.27. The van der Waals surface area contributed by atoms with Gasteiger partial charge in [0.1, 0.15) is 23.4 Å². The maximum atomic E-state index is 13.6. The summed E-state index contributed by atoms with van der Waals surface area (Å²) >= 11 is 0. The maximum Gasteiger partial charge on any atom is 0.165 e. The van der Waals surface area contributed by atoms with Gasteiger partial charge in [-0.05, 0) is 31.0 Å². The maximum absolute atomic E-state index is 13.6. The predicted octanol–water partition coefficient (Wildman–Crippen LogP) is 3.24. The SMILES string of the molecule is Fc1ccc2c(c1)C(Nc1ncnc3c1ncn3C1CC1)CCO2. The average molecular weight is 325 g/mol. The molecule has 1 aromatic carbocycles. The number of ether oxygens (including phenoxy) is 1. The van der Waals surface area contributed by atoms with Crippen molar-refractivity contribution in [2.75, 3.05) is 11.9 Å². The molecule has 5 rings (SSSR count). The molecule has 1 fully saturated rings. The van der Waals surface area contributed by atoms with Crippen LogP contribution in [0.5, 0.6) is 5.75 Å². The number of nitrogens with one attached hydrogen (secondary N) is 1. The van der Waals surface area contributed by atoms with Crippen LogP contribution in [0.15, 0.2) is 30.9 Å². The van der Waals surface area contributed by atoms with Crippen molar-refractivity contribution < 1.29 is 9.13 Å². The Balaban J connectivity index is 1.53. The summed E-state index contributed by atoms with van der Waals surface area (Å²) in [4.78, 5) is 13.2. The fraction of sp³-hybridized carbons (Fsp3) is 0.353. The zero-order chi connectivity index (χ0) is 16.1. The lowest BCUT2D eigenvalue weighted by molar-refractivity contribution is 0.273. The predicted molar refractivity (Wildman–Crippen MR) is 86.5 cm³/mol. The first-order valence-electron chi connectivity index (χ1n) is 8.16. The fourth-order valence-corrected chi connectivity index (χ4v) is 3.26. The third-order valence-electron chi connectivity index (χ3n) is 4.62. The van der Waals surface area contributed by atoms with E-state index >= 15 is 0 Å². The molecule has 2 aliphatic rings. The summed E-state index contributed by atoms with van der Waals surface area (Å²) in [6.07, 6.45) is 6.47. The smallest absolute Gasteiger partial charge is 0.165 e. The van der Waals surface area contributed by atoms with Crippen LogP contribution in [0.2, 0.25) is 0 Å². The third kappa shape index (κ3) is 2.19. The molecule has 7 heteroatoms. The number of nitrogens with zero attached hydrogens (tertiary/aromatic N) is 4. The Morgan fingerprint density at radius 2 is 2.08 bits per heavy atom. The van der Waals surface area contributed by atoms with E-state index in [1.165, 1.54) is 25.0 Å². The molecule has 0 radical (unpaired) electrons. The normalized spacial score (nSPS) is 19.8. The van der Waals surface area contributed by atoms with Crippen molar-refractivity contribution in [2.24, 2.45) is 0 Å². The molecule has 0 saturated heterocycles. The van der Waals surface area contributed by atoms with E-state index in [4.69, 9.17) is 4.74 Å². The van der Waals surface area contributed by atoms with Gasteiger partial charge in [-0.1, -0.05) is 0 Å². The second kappa shape index (κ2) is 5.15. The van der Waals surface area contributed by atoms with Crippen LogP contribution in [0.4, 0.5) is 10.2 Å². The molecule has 3 aromatic rings. The Morgan fingerprint density at radius 3 is 2.96 bits per heavy atom. The number of aromatic nitrogens is 4. The van der Waals surface area contributed by atoms with Gasteiger partial charge < -0.3 is 14.6 Å². The molecule has 1 aliphatic heterocycles. The van der Waals surface area contributed by atoms with Crippen molar-refractivity contribution in [1.29, 1.82) is 0 Å². The van der Waals surface area contributed by atoms with Crippen molar-refractivity contribution in [1.82, 2.24) is 19.5 Å². The van der Waals surface area contributed by atoms with Crippen molar-refractivity contribution in [3.63, 3.8) is 0 Å². The minimum Gasteiger partial charge on any atom is -0.493 e. The van der Waals surface area contributed by atoms with Crippen LogP contribution < -0.4 is 10.1 Å². The van der Waals surface area contributed by atoms with Gasteiger partial charge >= 0.3 is 0 Å². The van der Waals surface area contributed by atoms with Gasteiger partial charge in [-0.25, -0.2) is 19.3 Å². The Morgan fingerprint density at radius 1 is 1.17 bits per heavy atom. The van der Waals surface area contributed by atoms with E-state index in [1.807, 2.05) is 6.33 Å². The lowest BCUT2D eigenvalue weighted by atomic mass is 10.0. The molecule has 0 spiro atoms. The third-order valence-corrected chi connectivity index (χ3v) is 4.62. The number of halogens is 1. The Hall–Kier alpha value is -2.70. The van der Waals surface area contributed by atoms with Gasteiger partial charge in [0.2, 0.25) is 0 Å². The van der Waals surface area contributed by atoms with Gasteiger partial charge in [0.25, 0.3) is 0 Å². The molecule has 0 bridgehead atoms. The quantitative estimate of drug-likeness (QED) is 0.801. The molecule has 2 aromatic heterocycles.